The number of phenols is 1. The molecule has 1 N–H and O–H groups in total. The minimum Gasteiger partial charge on any atom is -0.508 e. The quantitative estimate of drug-likeness (QED) is 0.492. The van der Waals surface area contributed by atoms with Crippen LogP contribution in [0.4, 0.5) is 0 Å². The van der Waals surface area contributed by atoms with Gasteiger partial charge in [0.1, 0.15) is 5.75 Å². The Bertz CT molecular complexity index is 759. The zero-order valence-electron chi connectivity index (χ0n) is 19.0. The third kappa shape index (κ3) is 4.46. The first-order valence-corrected chi connectivity index (χ1v) is 11.8. The van der Waals surface area contributed by atoms with E-state index in [1.54, 1.807) is 5.57 Å². The zero-order chi connectivity index (χ0) is 21.1. The summed E-state index contributed by atoms with van der Waals surface area (Å²) in [5, 5.41) is 9.87. The van der Waals surface area contributed by atoms with E-state index in [1.807, 2.05) is 12.1 Å². The van der Waals surface area contributed by atoms with E-state index in [0.29, 0.717) is 36.9 Å². The van der Waals surface area contributed by atoms with Gasteiger partial charge in [-0.2, -0.15) is 0 Å². The standard InChI is InChI=1S/C26H39NO3/c1-26-12-10-23-22-8-6-21(28)18-19(22)4-7-24(23)25(26)9-5-20(26)11-14-29-16-17-30-15-13-27(2)3/h6,8,11,18,23-25,28H,4-5,7,9-10,12-17H2,1-3H3/b20-11+. The fourth-order valence-corrected chi connectivity index (χ4v) is 6.46. The summed E-state index contributed by atoms with van der Waals surface area (Å²) in [5.74, 6) is 2.68. The molecule has 4 atom stereocenters. The number of ether oxygens (including phenoxy) is 2. The van der Waals surface area contributed by atoms with Gasteiger partial charge >= 0.3 is 0 Å². The van der Waals surface area contributed by atoms with Gasteiger partial charge in [0.2, 0.25) is 0 Å². The van der Waals surface area contributed by atoms with Gasteiger partial charge in [-0.15, -0.1) is 0 Å². The molecule has 4 unspecified atom stereocenters. The van der Waals surface area contributed by atoms with Gasteiger partial charge in [0.25, 0.3) is 0 Å². The second-order valence-corrected chi connectivity index (χ2v) is 10.0. The Balaban J connectivity index is 1.32. The van der Waals surface area contributed by atoms with Crippen molar-refractivity contribution < 1.29 is 14.6 Å². The Hall–Kier alpha value is -1.36. The second kappa shape index (κ2) is 9.42. The van der Waals surface area contributed by atoms with E-state index < -0.39 is 0 Å². The van der Waals surface area contributed by atoms with Crippen LogP contribution in [0.5, 0.6) is 5.75 Å². The third-order valence-electron chi connectivity index (χ3n) is 8.06. The van der Waals surface area contributed by atoms with E-state index in [-0.39, 0.29) is 0 Å². The number of allylic oxidation sites excluding steroid dienone is 1. The lowest BCUT2D eigenvalue weighted by Crippen LogP contribution is -2.40. The van der Waals surface area contributed by atoms with Crippen molar-refractivity contribution in [2.75, 3.05) is 47.1 Å². The van der Waals surface area contributed by atoms with Crippen LogP contribution in [-0.4, -0.2) is 57.1 Å². The van der Waals surface area contributed by atoms with Gasteiger partial charge in [-0.1, -0.05) is 24.6 Å². The summed E-state index contributed by atoms with van der Waals surface area (Å²) in [7, 11) is 4.12. The summed E-state index contributed by atoms with van der Waals surface area (Å²) in [6.07, 6.45) is 9.88. The van der Waals surface area contributed by atoms with Crippen molar-refractivity contribution >= 4 is 0 Å². The van der Waals surface area contributed by atoms with Crippen LogP contribution in [0.3, 0.4) is 0 Å². The number of hydrogen-bond donors (Lipinski definition) is 1. The number of aromatic hydroxyl groups is 1. The Kier molecular flexibility index (Phi) is 6.86. The van der Waals surface area contributed by atoms with Gasteiger partial charge in [-0.25, -0.2) is 0 Å². The molecule has 2 fully saturated rings. The lowest BCUT2D eigenvalue weighted by atomic mass is 9.55. The summed E-state index contributed by atoms with van der Waals surface area (Å²) in [6, 6.07) is 6.09. The molecule has 3 aliphatic carbocycles. The van der Waals surface area contributed by atoms with Crippen LogP contribution in [0.2, 0.25) is 0 Å². The molecule has 1 aromatic carbocycles. The monoisotopic (exact) mass is 413 g/mol. The largest absolute Gasteiger partial charge is 0.508 e. The second-order valence-electron chi connectivity index (χ2n) is 10.0. The SMILES string of the molecule is CN(C)CCOCCOC/C=C1\CCC2C3CCc4cc(O)ccc4C3CCC12C. The van der Waals surface area contributed by atoms with E-state index in [0.717, 1.165) is 31.4 Å². The Morgan fingerprint density at radius 1 is 1.10 bits per heavy atom. The van der Waals surface area contributed by atoms with E-state index in [2.05, 4.69) is 38.1 Å². The first kappa shape index (κ1) is 21.9. The molecule has 0 aliphatic heterocycles. The topological polar surface area (TPSA) is 41.9 Å². The zero-order valence-corrected chi connectivity index (χ0v) is 19.0. The fourth-order valence-electron chi connectivity index (χ4n) is 6.46. The number of fused-ring (bicyclic) bond motifs is 5. The molecule has 4 heteroatoms. The molecule has 1 aromatic rings. The minimum atomic E-state index is 0.348. The number of phenolic OH excluding ortho intramolecular Hbond substituents is 1. The molecule has 0 radical (unpaired) electrons. The molecule has 0 amide bonds. The average molecular weight is 414 g/mol. The van der Waals surface area contributed by atoms with Crippen molar-refractivity contribution in [3.05, 3.63) is 41.0 Å². The van der Waals surface area contributed by atoms with E-state index in [1.165, 1.54) is 43.2 Å². The molecule has 2 saturated carbocycles. The number of rotatable bonds is 8. The highest BCUT2D eigenvalue weighted by molar-refractivity contribution is 5.40. The highest BCUT2D eigenvalue weighted by Gasteiger charge is 2.52. The summed E-state index contributed by atoms with van der Waals surface area (Å²) >= 11 is 0. The molecule has 4 rings (SSSR count). The van der Waals surface area contributed by atoms with Crippen LogP contribution in [0.25, 0.3) is 0 Å². The number of aryl methyl sites for hydroxylation is 1. The van der Waals surface area contributed by atoms with Crippen molar-refractivity contribution in [1.82, 2.24) is 4.90 Å². The van der Waals surface area contributed by atoms with Crippen LogP contribution in [0, 0.1) is 17.3 Å². The highest BCUT2D eigenvalue weighted by Crippen LogP contribution is 2.62. The van der Waals surface area contributed by atoms with Crippen LogP contribution in [0.15, 0.2) is 29.8 Å². The van der Waals surface area contributed by atoms with Crippen molar-refractivity contribution in [3.8, 4) is 5.75 Å². The molecule has 0 aromatic heterocycles. The van der Waals surface area contributed by atoms with Crippen LogP contribution < -0.4 is 0 Å². The summed E-state index contributed by atoms with van der Waals surface area (Å²) in [5.41, 5.74) is 4.88. The highest BCUT2D eigenvalue weighted by atomic mass is 16.5. The molecule has 30 heavy (non-hydrogen) atoms. The van der Waals surface area contributed by atoms with Gasteiger partial charge in [0.05, 0.1) is 26.4 Å². The first-order valence-electron chi connectivity index (χ1n) is 11.8. The lowest BCUT2D eigenvalue weighted by Gasteiger charge is -2.49. The van der Waals surface area contributed by atoms with Gasteiger partial charge < -0.3 is 19.5 Å². The van der Waals surface area contributed by atoms with Crippen molar-refractivity contribution in [3.63, 3.8) is 0 Å². The summed E-state index contributed by atoms with van der Waals surface area (Å²) in [6.45, 7) is 6.30. The number of benzene rings is 1. The molecule has 0 heterocycles. The van der Waals surface area contributed by atoms with Crippen LogP contribution >= 0.6 is 0 Å². The Morgan fingerprint density at radius 2 is 1.93 bits per heavy atom. The molecule has 0 saturated heterocycles. The van der Waals surface area contributed by atoms with Crippen molar-refractivity contribution in [2.45, 2.75) is 51.4 Å². The van der Waals surface area contributed by atoms with Crippen molar-refractivity contribution in [1.29, 1.82) is 0 Å². The van der Waals surface area contributed by atoms with E-state index in [9.17, 15) is 5.11 Å². The summed E-state index contributed by atoms with van der Waals surface area (Å²) < 4.78 is 11.5. The number of likely N-dealkylation sites (N-methyl/N-ethyl adjacent to an activating group) is 1. The molecule has 166 valence electrons. The van der Waals surface area contributed by atoms with Gasteiger partial charge in [-0.3, -0.25) is 0 Å². The molecule has 4 nitrogen and oxygen atoms in total. The maximum atomic E-state index is 9.87. The molecule has 0 bridgehead atoms. The Morgan fingerprint density at radius 3 is 2.77 bits per heavy atom. The predicted octanol–water partition coefficient (Wildman–Crippen LogP) is 4.77. The van der Waals surface area contributed by atoms with Crippen LogP contribution in [0.1, 0.15) is 56.1 Å². The maximum absolute atomic E-state index is 9.87. The average Bonchev–Trinajstić information content (AvgIpc) is 3.05. The van der Waals surface area contributed by atoms with E-state index >= 15 is 0 Å². The van der Waals surface area contributed by atoms with E-state index in [4.69, 9.17) is 9.47 Å². The molecular weight excluding hydrogens is 374 g/mol. The molecule has 0 spiro atoms. The minimum absolute atomic E-state index is 0.348. The van der Waals surface area contributed by atoms with Gasteiger partial charge in [-0.05, 0) is 99.0 Å². The lowest BCUT2D eigenvalue weighted by molar-refractivity contribution is 0.0512. The molecular formula is C26H39NO3. The number of hydrogen-bond acceptors (Lipinski definition) is 4. The van der Waals surface area contributed by atoms with Crippen LogP contribution in [-0.2, 0) is 15.9 Å². The van der Waals surface area contributed by atoms with Crippen molar-refractivity contribution in [2.24, 2.45) is 17.3 Å². The fraction of sp³-hybridized carbons (Fsp3) is 0.692. The Labute approximate surface area is 182 Å². The number of nitrogens with zero attached hydrogens (tertiary/aromatic N) is 1. The normalized spacial score (nSPS) is 31.6. The smallest absolute Gasteiger partial charge is 0.115 e. The summed E-state index contributed by atoms with van der Waals surface area (Å²) in [4.78, 5) is 2.13. The first-order chi connectivity index (χ1) is 14.5. The maximum Gasteiger partial charge on any atom is 0.115 e. The molecule has 3 aliphatic rings. The van der Waals surface area contributed by atoms with Gasteiger partial charge in [0, 0.05) is 6.54 Å². The third-order valence-corrected chi connectivity index (χ3v) is 8.06. The van der Waals surface area contributed by atoms with Gasteiger partial charge in [0.15, 0.2) is 0 Å². The predicted molar refractivity (Wildman–Crippen MR) is 121 cm³/mol.